The molecule has 0 bridgehead atoms. The van der Waals surface area contributed by atoms with E-state index in [9.17, 15) is 14.9 Å². The number of nitrogens with two attached hydrogens (primary N) is 1. The number of nitrogens with zero attached hydrogens (tertiary/aromatic N) is 3. The fourth-order valence-electron chi connectivity index (χ4n) is 5.39. The van der Waals surface area contributed by atoms with Gasteiger partial charge in [0.1, 0.15) is 23.9 Å². The molecule has 3 heterocycles. The standard InChI is InChI=1S/C28H20N4O3/c29-15-21-25(30)32(19-11-5-2-6-12-19)23-17-35-26(33)24(23)28(21)20-13-7-8-14-22(20)31(27(28)34)16-18-9-3-1-4-10-18/h1-14H,16-17,30H2/t28-/m0/s1. The lowest BCUT2D eigenvalue weighted by Gasteiger charge is -2.38. The van der Waals surface area contributed by atoms with Crippen LogP contribution in [0.2, 0.25) is 0 Å². The number of hydrogen-bond donors (Lipinski definition) is 1. The Morgan fingerprint density at radius 2 is 1.60 bits per heavy atom. The number of amides is 1. The van der Waals surface area contributed by atoms with E-state index >= 15 is 0 Å². The lowest BCUT2D eigenvalue weighted by atomic mass is 9.67. The van der Waals surface area contributed by atoms with Crippen LogP contribution in [0.4, 0.5) is 11.4 Å². The number of hydrogen-bond acceptors (Lipinski definition) is 6. The van der Waals surface area contributed by atoms with Gasteiger partial charge in [0.25, 0.3) is 0 Å². The number of para-hydroxylation sites is 2. The van der Waals surface area contributed by atoms with Gasteiger partial charge in [0.15, 0.2) is 0 Å². The Labute approximate surface area is 201 Å². The Morgan fingerprint density at radius 3 is 2.31 bits per heavy atom. The van der Waals surface area contributed by atoms with Crippen molar-refractivity contribution in [3.63, 3.8) is 0 Å². The molecule has 3 aromatic rings. The van der Waals surface area contributed by atoms with Gasteiger partial charge in [-0.3, -0.25) is 9.69 Å². The van der Waals surface area contributed by atoms with Gasteiger partial charge < -0.3 is 15.4 Å². The van der Waals surface area contributed by atoms with Crippen molar-refractivity contribution in [3.05, 3.63) is 119 Å². The number of ether oxygens (including phenoxy) is 1. The molecule has 6 rings (SSSR count). The van der Waals surface area contributed by atoms with E-state index in [1.165, 1.54) is 0 Å². The van der Waals surface area contributed by atoms with Crippen molar-refractivity contribution < 1.29 is 14.3 Å². The van der Waals surface area contributed by atoms with E-state index in [-0.39, 0.29) is 36.0 Å². The number of benzene rings is 3. The zero-order valence-electron chi connectivity index (χ0n) is 18.6. The van der Waals surface area contributed by atoms with Crippen LogP contribution in [0.25, 0.3) is 0 Å². The minimum Gasteiger partial charge on any atom is -0.456 e. The summed E-state index contributed by atoms with van der Waals surface area (Å²) in [6.45, 7) is 0.245. The zero-order valence-corrected chi connectivity index (χ0v) is 18.6. The molecule has 35 heavy (non-hydrogen) atoms. The van der Waals surface area contributed by atoms with Gasteiger partial charge in [0.2, 0.25) is 5.91 Å². The van der Waals surface area contributed by atoms with Gasteiger partial charge in [-0.15, -0.1) is 0 Å². The Morgan fingerprint density at radius 1 is 0.943 bits per heavy atom. The van der Waals surface area contributed by atoms with E-state index in [4.69, 9.17) is 10.5 Å². The lowest BCUT2D eigenvalue weighted by molar-refractivity contribution is -0.137. The normalized spacial score (nSPS) is 20.8. The molecule has 7 heteroatoms. The van der Waals surface area contributed by atoms with Crippen molar-refractivity contribution in [2.75, 3.05) is 16.4 Å². The van der Waals surface area contributed by atoms with Crippen LogP contribution in [0.3, 0.4) is 0 Å². The first-order valence-electron chi connectivity index (χ1n) is 11.2. The van der Waals surface area contributed by atoms with E-state index in [0.717, 1.165) is 5.56 Å². The van der Waals surface area contributed by atoms with Crippen LogP contribution in [0.1, 0.15) is 11.1 Å². The smallest absolute Gasteiger partial charge is 0.338 e. The highest BCUT2D eigenvalue weighted by atomic mass is 16.5. The molecule has 0 radical (unpaired) electrons. The first kappa shape index (κ1) is 20.8. The number of anilines is 2. The van der Waals surface area contributed by atoms with Crippen LogP contribution in [0.15, 0.2) is 108 Å². The summed E-state index contributed by atoms with van der Waals surface area (Å²) >= 11 is 0. The number of carbonyl (C=O) groups excluding carboxylic acids is 2. The molecular formula is C28H20N4O3. The van der Waals surface area contributed by atoms with Gasteiger partial charge in [-0.25, -0.2) is 4.79 Å². The summed E-state index contributed by atoms with van der Waals surface area (Å²) in [7, 11) is 0. The second-order valence-corrected chi connectivity index (χ2v) is 8.58. The third kappa shape index (κ3) is 2.71. The second-order valence-electron chi connectivity index (χ2n) is 8.58. The molecule has 0 fully saturated rings. The van der Waals surface area contributed by atoms with E-state index in [0.29, 0.717) is 22.6 Å². The van der Waals surface area contributed by atoms with E-state index < -0.39 is 11.4 Å². The molecule has 170 valence electrons. The predicted octanol–water partition coefficient (Wildman–Crippen LogP) is 3.50. The summed E-state index contributed by atoms with van der Waals surface area (Å²) in [6, 6.07) is 28.3. The third-order valence-corrected chi connectivity index (χ3v) is 6.82. The molecule has 0 aromatic heterocycles. The number of fused-ring (bicyclic) bond motifs is 3. The maximum absolute atomic E-state index is 14.4. The lowest BCUT2D eigenvalue weighted by Crippen LogP contribution is -2.50. The fraction of sp³-hybridized carbons (Fsp3) is 0.107. The number of esters is 1. The van der Waals surface area contributed by atoms with E-state index in [2.05, 4.69) is 6.07 Å². The Hall–Kier alpha value is -4.83. The van der Waals surface area contributed by atoms with Crippen molar-refractivity contribution in [3.8, 4) is 6.07 Å². The molecule has 0 aliphatic carbocycles. The Kier molecular flexibility index (Phi) is 4.51. The number of cyclic esters (lactones) is 1. The van der Waals surface area contributed by atoms with Crippen LogP contribution < -0.4 is 15.5 Å². The third-order valence-electron chi connectivity index (χ3n) is 6.82. The molecule has 1 atom stereocenters. The van der Waals surface area contributed by atoms with Crippen molar-refractivity contribution in [2.24, 2.45) is 5.73 Å². The topological polar surface area (TPSA) is 99.7 Å². The number of rotatable bonds is 3. The molecule has 0 saturated heterocycles. The Bertz CT molecular complexity index is 1490. The highest BCUT2D eigenvalue weighted by Crippen LogP contribution is 2.56. The molecule has 3 aliphatic heterocycles. The maximum atomic E-state index is 14.4. The van der Waals surface area contributed by atoms with Crippen molar-refractivity contribution >= 4 is 23.3 Å². The minimum absolute atomic E-state index is 0.0203. The molecule has 0 saturated carbocycles. The van der Waals surface area contributed by atoms with Gasteiger partial charge >= 0.3 is 5.97 Å². The highest BCUT2D eigenvalue weighted by Gasteiger charge is 2.63. The zero-order chi connectivity index (χ0) is 24.2. The first-order chi connectivity index (χ1) is 17.1. The van der Waals surface area contributed by atoms with Gasteiger partial charge in [-0.1, -0.05) is 66.7 Å². The second kappa shape index (κ2) is 7.61. The average Bonchev–Trinajstić information content (AvgIpc) is 3.38. The fourth-order valence-corrected chi connectivity index (χ4v) is 5.39. The summed E-state index contributed by atoms with van der Waals surface area (Å²) in [5.74, 6) is -0.896. The molecule has 0 unspecified atom stereocenters. The van der Waals surface area contributed by atoms with Crippen LogP contribution in [-0.2, 0) is 26.3 Å². The monoisotopic (exact) mass is 460 g/mol. The quantitative estimate of drug-likeness (QED) is 0.601. The molecule has 3 aliphatic rings. The Balaban J connectivity index is 1.63. The number of carbonyl (C=O) groups is 2. The van der Waals surface area contributed by atoms with Crippen LogP contribution in [-0.4, -0.2) is 18.5 Å². The molecular weight excluding hydrogens is 440 g/mol. The van der Waals surface area contributed by atoms with Crippen LogP contribution >= 0.6 is 0 Å². The largest absolute Gasteiger partial charge is 0.456 e. The maximum Gasteiger partial charge on any atom is 0.338 e. The highest BCUT2D eigenvalue weighted by molar-refractivity contribution is 6.19. The first-order valence-corrected chi connectivity index (χ1v) is 11.2. The van der Waals surface area contributed by atoms with Crippen LogP contribution in [0, 0.1) is 11.3 Å². The van der Waals surface area contributed by atoms with Crippen molar-refractivity contribution in [1.82, 2.24) is 0 Å². The molecule has 1 spiro atoms. The van der Waals surface area contributed by atoms with Gasteiger partial charge in [0, 0.05) is 16.9 Å². The molecule has 7 nitrogen and oxygen atoms in total. The van der Waals surface area contributed by atoms with Gasteiger partial charge in [-0.05, 0) is 23.8 Å². The van der Waals surface area contributed by atoms with Gasteiger partial charge in [0.05, 0.1) is 23.4 Å². The summed E-state index contributed by atoms with van der Waals surface area (Å²) in [5.41, 5.74) is 8.43. The summed E-state index contributed by atoms with van der Waals surface area (Å²) in [5, 5.41) is 10.4. The van der Waals surface area contributed by atoms with Gasteiger partial charge in [-0.2, -0.15) is 5.26 Å². The van der Waals surface area contributed by atoms with E-state index in [1.54, 1.807) is 21.9 Å². The molecule has 2 N–H and O–H groups in total. The summed E-state index contributed by atoms with van der Waals surface area (Å²) in [6.07, 6.45) is 0. The van der Waals surface area contributed by atoms with Crippen LogP contribution in [0.5, 0.6) is 0 Å². The van der Waals surface area contributed by atoms with E-state index in [1.807, 2.05) is 72.8 Å². The average molecular weight is 460 g/mol. The molecule has 1 amide bonds. The van der Waals surface area contributed by atoms with Crippen molar-refractivity contribution in [2.45, 2.75) is 12.0 Å². The molecule has 3 aromatic carbocycles. The SMILES string of the molecule is N#CC1=C(N)N(c2ccccc2)C2=C(C(=O)OC2)[C@@]12C(=O)N(Cc1ccccc1)c1ccccc12. The predicted molar refractivity (Wildman–Crippen MR) is 129 cm³/mol. The summed E-state index contributed by atoms with van der Waals surface area (Å²) < 4.78 is 5.48. The summed E-state index contributed by atoms with van der Waals surface area (Å²) in [4.78, 5) is 31.0. The minimum atomic E-state index is -1.67. The number of nitriles is 1. The van der Waals surface area contributed by atoms with Crippen molar-refractivity contribution in [1.29, 1.82) is 5.26 Å².